The summed E-state index contributed by atoms with van der Waals surface area (Å²) in [6.07, 6.45) is 0. The van der Waals surface area contributed by atoms with Crippen molar-refractivity contribution in [3.8, 4) is 0 Å². The van der Waals surface area contributed by atoms with Gasteiger partial charge in [0.05, 0.1) is 32.4 Å². The van der Waals surface area contributed by atoms with Crippen molar-refractivity contribution in [3.63, 3.8) is 0 Å². The topological polar surface area (TPSA) is 128 Å². The molecule has 0 saturated carbocycles. The number of benzene rings is 1. The highest BCUT2D eigenvalue weighted by Gasteiger charge is 2.45. The minimum Gasteiger partial charge on any atom is -0.465 e. The van der Waals surface area contributed by atoms with Gasteiger partial charge < -0.3 is 29.4 Å². The molecule has 0 saturated heterocycles. The largest absolute Gasteiger partial charge is 0.465 e. The Morgan fingerprint density at radius 2 is 1.49 bits per heavy atom. The van der Waals surface area contributed by atoms with Crippen molar-refractivity contribution < 1.29 is 33.4 Å². The number of nitrogens with zero attached hydrogens (tertiary/aromatic N) is 2. The van der Waals surface area contributed by atoms with Gasteiger partial charge in [-0.2, -0.15) is 0 Å². The molecule has 1 atom stereocenters. The van der Waals surface area contributed by atoms with Gasteiger partial charge in [0.25, 0.3) is 0 Å². The lowest BCUT2D eigenvalue weighted by molar-refractivity contribution is -0.139. The van der Waals surface area contributed by atoms with Crippen LogP contribution in [0.1, 0.15) is 87.7 Å². The summed E-state index contributed by atoms with van der Waals surface area (Å²) in [5.41, 5.74) is -0.558. The van der Waals surface area contributed by atoms with Crippen molar-refractivity contribution in [3.05, 3.63) is 58.3 Å². The number of ether oxygens (including phenoxy) is 3. The van der Waals surface area contributed by atoms with Gasteiger partial charge in [0.2, 0.25) is 0 Å². The maximum absolute atomic E-state index is 14.0. The highest BCUT2D eigenvalue weighted by molar-refractivity contribution is 6.14. The number of aromatic nitrogens is 1. The van der Waals surface area contributed by atoms with Gasteiger partial charge in [0.1, 0.15) is 22.8 Å². The van der Waals surface area contributed by atoms with Crippen molar-refractivity contribution in [1.29, 1.82) is 0 Å². The van der Waals surface area contributed by atoms with E-state index in [1.165, 1.54) is 19.1 Å². The van der Waals surface area contributed by atoms with E-state index in [0.29, 0.717) is 5.56 Å². The zero-order valence-electron chi connectivity index (χ0n) is 25.4. The molecular weight excluding hydrogens is 528 g/mol. The summed E-state index contributed by atoms with van der Waals surface area (Å²) in [5, 5.41) is 6.24. The Bertz CT molecular complexity index is 1380. The minimum atomic E-state index is -0.858. The van der Waals surface area contributed by atoms with E-state index in [2.05, 4.69) is 10.6 Å². The molecule has 1 unspecified atom stereocenters. The first-order chi connectivity index (χ1) is 19.1. The zero-order chi connectivity index (χ0) is 30.9. The van der Waals surface area contributed by atoms with Crippen LogP contribution in [0.3, 0.4) is 0 Å². The fourth-order valence-corrected chi connectivity index (χ4v) is 4.86. The van der Waals surface area contributed by atoms with Crippen molar-refractivity contribution in [2.45, 2.75) is 72.5 Å². The van der Waals surface area contributed by atoms with Crippen LogP contribution in [0.15, 0.2) is 41.6 Å². The molecule has 0 spiro atoms. The number of nitrogens with one attached hydrogen (secondary N) is 2. The van der Waals surface area contributed by atoms with Gasteiger partial charge in [0, 0.05) is 16.8 Å². The highest BCUT2D eigenvalue weighted by Crippen LogP contribution is 2.44. The van der Waals surface area contributed by atoms with Gasteiger partial charge in [0.15, 0.2) is 0 Å². The van der Waals surface area contributed by atoms with Crippen LogP contribution in [0.25, 0.3) is 0 Å². The number of amides is 2. The summed E-state index contributed by atoms with van der Waals surface area (Å²) in [4.78, 5) is 55.4. The van der Waals surface area contributed by atoms with Crippen LogP contribution < -0.4 is 15.5 Å². The van der Waals surface area contributed by atoms with Gasteiger partial charge in [-0.1, -0.05) is 30.3 Å². The molecule has 2 N–H and O–H groups in total. The number of carbonyl (C=O) groups is 4. The van der Waals surface area contributed by atoms with Crippen molar-refractivity contribution in [1.82, 2.24) is 9.88 Å². The summed E-state index contributed by atoms with van der Waals surface area (Å²) < 4.78 is 17.3. The molecule has 2 aromatic rings. The van der Waals surface area contributed by atoms with Gasteiger partial charge in [-0.05, 0) is 61.0 Å². The number of urea groups is 1. The van der Waals surface area contributed by atoms with Gasteiger partial charge >= 0.3 is 23.9 Å². The van der Waals surface area contributed by atoms with E-state index in [9.17, 15) is 19.2 Å². The van der Waals surface area contributed by atoms with Crippen molar-refractivity contribution >= 4 is 35.6 Å². The molecule has 11 heteroatoms. The molecule has 11 nitrogen and oxygen atoms in total. The SMILES string of the molecule is CCOC(=O)C1=C(C)N(c2c(C(=O)OC)c(C(=O)OC)c(NC(C)(C)C)n2C(C)(C)C)C(=O)NC1c1ccccc1. The van der Waals surface area contributed by atoms with E-state index in [-0.39, 0.29) is 40.6 Å². The Morgan fingerprint density at radius 1 is 0.927 bits per heavy atom. The maximum atomic E-state index is 14.0. The zero-order valence-corrected chi connectivity index (χ0v) is 25.4. The Hall–Kier alpha value is -4.28. The Kier molecular flexibility index (Phi) is 8.90. The fourth-order valence-electron chi connectivity index (χ4n) is 4.86. The van der Waals surface area contributed by atoms with E-state index >= 15 is 0 Å². The van der Waals surface area contributed by atoms with Crippen LogP contribution in [-0.2, 0) is 24.5 Å². The monoisotopic (exact) mass is 568 g/mol. The molecule has 222 valence electrons. The summed E-state index contributed by atoms with van der Waals surface area (Å²) in [6, 6.07) is 7.61. The van der Waals surface area contributed by atoms with Crippen LogP contribution in [0.2, 0.25) is 0 Å². The third-order valence-electron chi connectivity index (χ3n) is 6.41. The second-order valence-electron chi connectivity index (χ2n) is 11.6. The lowest BCUT2D eigenvalue weighted by atomic mass is 9.94. The molecule has 3 rings (SSSR count). The first kappa shape index (κ1) is 31.3. The molecule has 41 heavy (non-hydrogen) atoms. The van der Waals surface area contributed by atoms with Crippen LogP contribution in [0.5, 0.6) is 0 Å². The van der Waals surface area contributed by atoms with Crippen LogP contribution in [0, 0.1) is 0 Å². The molecule has 1 aromatic heterocycles. The number of anilines is 2. The Labute approximate surface area is 240 Å². The van der Waals surface area contributed by atoms with E-state index in [0.717, 1.165) is 0 Å². The van der Waals surface area contributed by atoms with Gasteiger partial charge in [-0.3, -0.25) is 4.90 Å². The fraction of sp³-hybridized carbons (Fsp3) is 0.467. The Morgan fingerprint density at radius 3 is 1.98 bits per heavy atom. The van der Waals surface area contributed by atoms with Crippen LogP contribution in [0.4, 0.5) is 16.4 Å². The summed E-state index contributed by atoms with van der Waals surface area (Å²) >= 11 is 0. The smallest absolute Gasteiger partial charge is 0.342 e. The minimum absolute atomic E-state index is 0.0415. The lowest BCUT2D eigenvalue weighted by Gasteiger charge is -2.38. The average Bonchev–Trinajstić information content (AvgIpc) is 3.21. The molecule has 0 bridgehead atoms. The summed E-state index contributed by atoms with van der Waals surface area (Å²) in [6.45, 7) is 14.7. The van der Waals surface area contributed by atoms with E-state index < -0.39 is 41.1 Å². The number of methoxy groups -OCH3 is 2. The maximum Gasteiger partial charge on any atom is 0.342 e. The number of esters is 3. The van der Waals surface area contributed by atoms with Crippen molar-refractivity contribution in [2.24, 2.45) is 0 Å². The molecule has 0 aliphatic carbocycles. The number of rotatable bonds is 7. The lowest BCUT2D eigenvalue weighted by Crippen LogP contribution is -2.50. The van der Waals surface area contributed by atoms with E-state index in [1.54, 1.807) is 42.7 Å². The van der Waals surface area contributed by atoms with E-state index in [1.807, 2.05) is 47.6 Å². The third kappa shape index (κ3) is 6.08. The first-order valence-electron chi connectivity index (χ1n) is 13.4. The second-order valence-corrected chi connectivity index (χ2v) is 11.6. The third-order valence-corrected chi connectivity index (χ3v) is 6.41. The highest BCUT2D eigenvalue weighted by atomic mass is 16.5. The molecule has 2 amide bonds. The molecule has 1 aliphatic rings. The predicted octanol–water partition coefficient (Wildman–Crippen LogP) is 5.13. The predicted molar refractivity (Wildman–Crippen MR) is 155 cm³/mol. The molecule has 2 heterocycles. The second kappa shape index (κ2) is 11.7. The molecular formula is C30H40N4O7. The van der Waals surface area contributed by atoms with Crippen molar-refractivity contribution in [2.75, 3.05) is 31.0 Å². The molecule has 0 radical (unpaired) electrons. The molecule has 0 fully saturated rings. The number of allylic oxidation sites excluding steroid dienone is 1. The molecule has 1 aliphatic heterocycles. The standard InChI is InChI=1S/C30H40N4O7/c1-11-41-27(37)19-17(2)33(28(38)31-22(19)18-15-13-12-14-16-18)24-21(26(36)40-10)20(25(35)39-9)23(32-29(3,4)5)34(24)30(6,7)8/h12-16,22,32H,11H2,1-10H3,(H,31,38). The van der Waals surface area contributed by atoms with Gasteiger partial charge in [-0.25, -0.2) is 19.2 Å². The van der Waals surface area contributed by atoms with Gasteiger partial charge in [-0.15, -0.1) is 0 Å². The molecule has 1 aromatic carbocycles. The summed E-state index contributed by atoms with van der Waals surface area (Å²) in [7, 11) is 2.40. The average molecular weight is 569 g/mol. The normalized spacial score (nSPS) is 15.8. The first-order valence-corrected chi connectivity index (χ1v) is 13.4. The summed E-state index contributed by atoms with van der Waals surface area (Å²) in [5.74, 6) is -1.98. The quantitative estimate of drug-likeness (QED) is 0.347. The number of hydrogen-bond donors (Lipinski definition) is 2. The Balaban J connectivity index is 2.53. The van der Waals surface area contributed by atoms with Crippen LogP contribution >= 0.6 is 0 Å². The van der Waals surface area contributed by atoms with E-state index in [4.69, 9.17) is 14.2 Å². The van der Waals surface area contributed by atoms with Crippen LogP contribution in [-0.4, -0.2) is 54.9 Å². The number of carbonyl (C=O) groups excluding carboxylic acids is 4. The number of hydrogen-bond acceptors (Lipinski definition) is 8.